The summed E-state index contributed by atoms with van der Waals surface area (Å²) < 4.78 is 25.0. The van der Waals surface area contributed by atoms with Gasteiger partial charge < -0.3 is 18.9 Å². The van der Waals surface area contributed by atoms with E-state index in [1.54, 1.807) is 4.68 Å². The van der Waals surface area contributed by atoms with Crippen LogP contribution in [0.4, 0.5) is 0 Å². The van der Waals surface area contributed by atoms with Crippen LogP contribution in [0.25, 0.3) is 11.4 Å². The van der Waals surface area contributed by atoms with Gasteiger partial charge in [-0.2, -0.15) is 0 Å². The van der Waals surface area contributed by atoms with Gasteiger partial charge in [0.2, 0.25) is 0 Å². The Morgan fingerprint density at radius 2 is 2.06 bits per heavy atom. The van der Waals surface area contributed by atoms with E-state index >= 15 is 0 Å². The van der Waals surface area contributed by atoms with Crippen LogP contribution in [-0.4, -0.2) is 51.1 Å². The molecule has 3 unspecified atom stereocenters. The minimum atomic E-state index is -0.181. The lowest BCUT2D eigenvalue weighted by Crippen LogP contribution is -2.31. The Hall–Kier alpha value is -2.52. The topological polar surface area (TPSA) is 97.6 Å². The number of hydrogen-bond donors (Lipinski definition) is 0. The van der Waals surface area contributed by atoms with Crippen molar-refractivity contribution in [1.82, 2.24) is 20.0 Å². The summed E-state index contributed by atoms with van der Waals surface area (Å²) in [5, 5.41) is 8.50. The predicted molar refractivity (Wildman–Crippen MR) is 125 cm³/mol. The van der Waals surface area contributed by atoms with Crippen molar-refractivity contribution in [3.63, 3.8) is 0 Å². The number of pyridine rings is 1. The molecule has 0 bridgehead atoms. The van der Waals surface area contributed by atoms with Gasteiger partial charge in [0.1, 0.15) is 11.4 Å². The first-order chi connectivity index (χ1) is 16.4. The number of aromatic nitrogens is 4. The van der Waals surface area contributed by atoms with Gasteiger partial charge in [0.15, 0.2) is 6.29 Å². The van der Waals surface area contributed by atoms with Crippen molar-refractivity contribution in [3.05, 3.63) is 23.5 Å². The third-order valence-electron chi connectivity index (χ3n) is 6.37. The predicted octanol–water partition coefficient (Wildman–Crippen LogP) is 4.12. The highest BCUT2D eigenvalue weighted by molar-refractivity contribution is 5.72. The second kappa shape index (κ2) is 11.3. The standard InChI is InChI=1S/C25H36N4O5/c1-16(2)33-25(30)18-8-7-9-19(14-18)34-22-12-11-20(26-17(22)3)24-21(29(4)28-27-24)15-32-23-10-5-6-13-31-23/h11-12,16,18-19,23H,5-10,13-15H2,1-4H3. The van der Waals surface area contributed by atoms with Gasteiger partial charge in [0.05, 0.1) is 41.8 Å². The third-order valence-corrected chi connectivity index (χ3v) is 6.37. The first-order valence-electron chi connectivity index (χ1n) is 12.4. The van der Waals surface area contributed by atoms with Crippen molar-refractivity contribution >= 4 is 5.97 Å². The zero-order valence-electron chi connectivity index (χ0n) is 20.7. The quantitative estimate of drug-likeness (QED) is 0.529. The number of carbonyl (C=O) groups excluding carboxylic acids is 1. The first kappa shape index (κ1) is 24.6. The largest absolute Gasteiger partial charge is 0.489 e. The lowest BCUT2D eigenvalue weighted by molar-refractivity contribution is -0.169. The molecule has 34 heavy (non-hydrogen) atoms. The zero-order chi connectivity index (χ0) is 24.1. The van der Waals surface area contributed by atoms with Crippen LogP contribution < -0.4 is 4.74 Å². The SMILES string of the molecule is Cc1nc(-c2nnn(C)c2COC2CCCCO2)ccc1OC1CCCC(C(=O)OC(C)C)C1. The molecule has 3 heterocycles. The van der Waals surface area contributed by atoms with Gasteiger partial charge >= 0.3 is 5.97 Å². The molecule has 0 amide bonds. The minimum absolute atomic E-state index is 0.0271. The normalized spacial score (nSPS) is 23.1. The summed E-state index contributed by atoms with van der Waals surface area (Å²) in [6, 6.07) is 3.83. The third kappa shape index (κ3) is 6.13. The number of ether oxygens (including phenoxy) is 4. The van der Waals surface area contributed by atoms with E-state index < -0.39 is 0 Å². The Morgan fingerprint density at radius 1 is 1.21 bits per heavy atom. The summed E-state index contributed by atoms with van der Waals surface area (Å²) in [7, 11) is 1.85. The van der Waals surface area contributed by atoms with E-state index in [0.717, 1.165) is 68.0 Å². The summed E-state index contributed by atoms with van der Waals surface area (Å²) >= 11 is 0. The van der Waals surface area contributed by atoms with Crippen molar-refractivity contribution in [2.75, 3.05) is 6.61 Å². The van der Waals surface area contributed by atoms with Crippen LogP contribution in [0, 0.1) is 12.8 Å². The van der Waals surface area contributed by atoms with E-state index in [4.69, 9.17) is 23.9 Å². The fourth-order valence-corrected chi connectivity index (χ4v) is 4.53. The smallest absolute Gasteiger partial charge is 0.309 e. The number of esters is 1. The van der Waals surface area contributed by atoms with Gasteiger partial charge in [-0.25, -0.2) is 9.67 Å². The number of carbonyl (C=O) groups is 1. The molecule has 0 radical (unpaired) electrons. The van der Waals surface area contributed by atoms with Gasteiger partial charge in [-0.1, -0.05) is 5.21 Å². The average molecular weight is 473 g/mol. The maximum absolute atomic E-state index is 12.3. The molecule has 1 aliphatic carbocycles. The monoisotopic (exact) mass is 472 g/mol. The van der Waals surface area contributed by atoms with Crippen LogP contribution in [0.3, 0.4) is 0 Å². The summed E-state index contributed by atoms with van der Waals surface area (Å²) in [6.45, 7) is 6.78. The van der Waals surface area contributed by atoms with E-state index in [0.29, 0.717) is 18.7 Å². The lowest BCUT2D eigenvalue weighted by atomic mass is 9.87. The maximum Gasteiger partial charge on any atom is 0.309 e. The van der Waals surface area contributed by atoms with Crippen molar-refractivity contribution < 1.29 is 23.7 Å². The molecule has 1 saturated heterocycles. The van der Waals surface area contributed by atoms with Gasteiger partial charge in [-0.15, -0.1) is 5.10 Å². The van der Waals surface area contributed by atoms with Crippen molar-refractivity contribution in [1.29, 1.82) is 0 Å². The minimum Gasteiger partial charge on any atom is -0.489 e. The summed E-state index contributed by atoms with van der Waals surface area (Å²) in [6.07, 6.45) is 6.18. The van der Waals surface area contributed by atoms with E-state index in [9.17, 15) is 4.79 Å². The number of rotatable bonds is 8. The molecule has 2 fully saturated rings. The molecule has 2 aromatic heterocycles. The summed E-state index contributed by atoms with van der Waals surface area (Å²) in [5.74, 6) is 0.498. The van der Waals surface area contributed by atoms with Gasteiger partial charge in [-0.3, -0.25) is 4.79 Å². The molecule has 1 saturated carbocycles. The van der Waals surface area contributed by atoms with Crippen LogP contribution in [0.1, 0.15) is 70.2 Å². The summed E-state index contributed by atoms with van der Waals surface area (Å²) in [5.41, 5.74) is 3.05. The molecule has 2 aromatic rings. The molecule has 0 N–H and O–H groups in total. The van der Waals surface area contributed by atoms with Crippen molar-refractivity contribution in [2.24, 2.45) is 13.0 Å². The molecule has 1 aliphatic heterocycles. The van der Waals surface area contributed by atoms with Crippen LogP contribution in [0.2, 0.25) is 0 Å². The van der Waals surface area contributed by atoms with Gasteiger partial charge in [-0.05, 0) is 77.8 Å². The Balaban J connectivity index is 1.41. The molecule has 9 nitrogen and oxygen atoms in total. The highest BCUT2D eigenvalue weighted by Crippen LogP contribution is 2.31. The van der Waals surface area contributed by atoms with Crippen LogP contribution in [0.15, 0.2) is 12.1 Å². The molecule has 0 spiro atoms. The second-order valence-corrected chi connectivity index (χ2v) is 9.48. The van der Waals surface area contributed by atoms with Gasteiger partial charge in [0.25, 0.3) is 0 Å². The molecule has 9 heteroatoms. The molecular formula is C25H36N4O5. The number of hydrogen-bond acceptors (Lipinski definition) is 8. The highest BCUT2D eigenvalue weighted by Gasteiger charge is 2.30. The van der Waals surface area contributed by atoms with Crippen LogP contribution in [0.5, 0.6) is 5.75 Å². The molecule has 186 valence electrons. The van der Waals surface area contributed by atoms with E-state index in [1.807, 2.05) is 40.0 Å². The molecule has 4 rings (SSSR count). The Labute approximate surface area is 201 Å². The molecule has 3 atom stereocenters. The van der Waals surface area contributed by atoms with Crippen LogP contribution in [-0.2, 0) is 32.7 Å². The lowest BCUT2D eigenvalue weighted by Gasteiger charge is -2.29. The molecule has 0 aromatic carbocycles. The average Bonchev–Trinajstić information content (AvgIpc) is 3.19. The number of nitrogens with zero attached hydrogens (tertiary/aromatic N) is 4. The maximum atomic E-state index is 12.3. The Kier molecular flexibility index (Phi) is 8.15. The van der Waals surface area contributed by atoms with E-state index in [1.165, 1.54) is 0 Å². The van der Waals surface area contributed by atoms with E-state index in [2.05, 4.69) is 10.3 Å². The van der Waals surface area contributed by atoms with E-state index in [-0.39, 0.29) is 30.4 Å². The zero-order valence-corrected chi connectivity index (χ0v) is 20.7. The Morgan fingerprint density at radius 3 is 2.79 bits per heavy atom. The number of aryl methyl sites for hydroxylation is 2. The van der Waals surface area contributed by atoms with Crippen molar-refractivity contribution in [3.8, 4) is 17.1 Å². The first-order valence-corrected chi connectivity index (χ1v) is 12.4. The van der Waals surface area contributed by atoms with Crippen molar-refractivity contribution in [2.45, 2.75) is 90.8 Å². The fraction of sp³-hybridized carbons (Fsp3) is 0.680. The fourth-order valence-electron chi connectivity index (χ4n) is 4.53. The molecular weight excluding hydrogens is 436 g/mol. The Bertz CT molecular complexity index is 970. The van der Waals surface area contributed by atoms with Gasteiger partial charge in [0, 0.05) is 13.7 Å². The second-order valence-electron chi connectivity index (χ2n) is 9.48. The summed E-state index contributed by atoms with van der Waals surface area (Å²) in [4.78, 5) is 17.1. The molecule has 2 aliphatic rings. The van der Waals surface area contributed by atoms with Crippen LogP contribution >= 0.6 is 0 Å². The highest BCUT2D eigenvalue weighted by atomic mass is 16.7.